The third-order valence-corrected chi connectivity index (χ3v) is 3.59. The van der Waals surface area contributed by atoms with E-state index in [2.05, 4.69) is 19.9 Å². The van der Waals surface area contributed by atoms with Crippen molar-refractivity contribution in [3.63, 3.8) is 0 Å². The van der Waals surface area contributed by atoms with Gasteiger partial charge in [0, 0.05) is 0 Å². The van der Waals surface area contributed by atoms with Crippen LogP contribution >= 0.6 is 0 Å². The Hall–Kier alpha value is -1.51. The second-order valence-corrected chi connectivity index (χ2v) is 5.13. The Balaban J connectivity index is 2.59. The highest BCUT2D eigenvalue weighted by atomic mass is 16.7. The van der Waals surface area contributed by atoms with Crippen molar-refractivity contribution in [1.29, 1.82) is 0 Å². The molecule has 0 fully saturated rings. The van der Waals surface area contributed by atoms with E-state index >= 15 is 0 Å². The summed E-state index contributed by atoms with van der Waals surface area (Å²) in [6, 6.07) is 5.67. The number of unbranched alkanes of at least 4 members (excludes halogenated alkanes) is 5. The van der Waals surface area contributed by atoms with Crippen molar-refractivity contribution in [3.05, 3.63) is 29.3 Å². The summed E-state index contributed by atoms with van der Waals surface area (Å²) in [7, 11) is 0. The fraction of sp³-hybridized carbons (Fsp3) is 0.588. The van der Waals surface area contributed by atoms with Gasteiger partial charge in [-0.1, -0.05) is 58.1 Å². The highest BCUT2D eigenvalue weighted by Crippen LogP contribution is 2.25. The molecule has 0 radical (unpaired) electrons. The fourth-order valence-electron chi connectivity index (χ4n) is 2.50. The molecule has 0 atom stereocenters. The molecule has 0 unspecified atom stereocenters. The van der Waals surface area contributed by atoms with Crippen LogP contribution in [0, 0.1) is 0 Å². The van der Waals surface area contributed by atoms with Gasteiger partial charge in [0.2, 0.25) is 0 Å². The summed E-state index contributed by atoms with van der Waals surface area (Å²) in [6.45, 7) is 4.30. The molecule has 0 aliphatic rings. The lowest BCUT2D eigenvalue weighted by molar-refractivity contribution is 0.144. The monoisotopic (exact) mass is 278 g/mol. The van der Waals surface area contributed by atoms with Gasteiger partial charge in [0.15, 0.2) is 0 Å². The van der Waals surface area contributed by atoms with E-state index < -0.39 is 6.16 Å². The standard InChI is InChI=1S/C17H26O3/c1-3-5-6-7-8-9-12-15-14(4-2)11-10-13-16(15)20-17(18)19/h10-11,13H,3-9,12H2,1-2H3,(H,18,19). The number of carboxylic acid groups (broad SMARTS) is 1. The Morgan fingerprint density at radius 2 is 1.80 bits per heavy atom. The Labute approximate surface area is 122 Å². The average molecular weight is 278 g/mol. The Morgan fingerprint density at radius 1 is 1.10 bits per heavy atom. The number of benzene rings is 1. The van der Waals surface area contributed by atoms with Crippen LogP contribution in [0.2, 0.25) is 0 Å². The minimum Gasteiger partial charge on any atom is -0.449 e. The molecule has 0 heterocycles. The first kappa shape index (κ1) is 16.5. The molecule has 0 aliphatic carbocycles. The smallest absolute Gasteiger partial charge is 0.449 e. The van der Waals surface area contributed by atoms with Gasteiger partial charge in [-0.25, -0.2) is 4.79 Å². The Morgan fingerprint density at radius 3 is 2.45 bits per heavy atom. The molecule has 0 saturated heterocycles. The lowest BCUT2D eigenvalue weighted by atomic mass is 9.98. The van der Waals surface area contributed by atoms with Crippen LogP contribution in [0.3, 0.4) is 0 Å². The van der Waals surface area contributed by atoms with Crippen molar-refractivity contribution in [2.45, 2.75) is 65.2 Å². The van der Waals surface area contributed by atoms with E-state index in [1.807, 2.05) is 6.07 Å². The summed E-state index contributed by atoms with van der Waals surface area (Å²) in [5.74, 6) is 0.505. The third-order valence-electron chi connectivity index (χ3n) is 3.59. The molecular weight excluding hydrogens is 252 g/mol. The third kappa shape index (κ3) is 5.64. The molecule has 0 spiro atoms. The van der Waals surface area contributed by atoms with Crippen molar-refractivity contribution in [1.82, 2.24) is 0 Å². The van der Waals surface area contributed by atoms with Crippen LogP contribution in [-0.4, -0.2) is 11.3 Å². The van der Waals surface area contributed by atoms with Gasteiger partial charge < -0.3 is 9.84 Å². The second-order valence-electron chi connectivity index (χ2n) is 5.13. The fourth-order valence-corrected chi connectivity index (χ4v) is 2.50. The minimum absolute atomic E-state index is 0.505. The predicted octanol–water partition coefficient (Wildman–Crippen LogP) is 5.21. The van der Waals surface area contributed by atoms with Gasteiger partial charge in [0.25, 0.3) is 0 Å². The van der Waals surface area contributed by atoms with Crippen molar-refractivity contribution in [2.75, 3.05) is 0 Å². The molecule has 1 N–H and O–H groups in total. The summed E-state index contributed by atoms with van der Waals surface area (Å²) >= 11 is 0. The van der Waals surface area contributed by atoms with Gasteiger partial charge >= 0.3 is 6.16 Å². The number of rotatable bonds is 9. The maximum absolute atomic E-state index is 10.7. The van der Waals surface area contributed by atoms with E-state index in [4.69, 9.17) is 9.84 Å². The molecule has 0 saturated carbocycles. The predicted molar refractivity (Wildman–Crippen MR) is 81.6 cm³/mol. The van der Waals surface area contributed by atoms with E-state index in [1.165, 1.54) is 37.7 Å². The van der Waals surface area contributed by atoms with E-state index in [-0.39, 0.29) is 0 Å². The van der Waals surface area contributed by atoms with Crippen LogP contribution in [-0.2, 0) is 12.8 Å². The first-order valence-corrected chi connectivity index (χ1v) is 7.70. The van der Waals surface area contributed by atoms with Gasteiger partial charge in [-0.15, -0.1) is 0 Å². The quantitative estimate of drug-likeness (QED) is 0.383. The van der Waals surface area contributed by atoms with Crippen LogP contribution < -0.4 is 4.74 Å². The van der Waals surface area contributed by atoms with Crippen LogP contribution in [0.4, 0.5) is 4.79 Å². The van der Waals surface area contributed by atoms with Gasteiger partial charge in [0.1, 0.15) is 5.75 Å². The Kier molecular flexibility index (Phi) is 7.78. The molecule has 3 nitrogen and oxygen atoms in total. The SMILES string of the molecule is CCCCCCCCc1c(CC)cccc1OC(=O)O. The molecule has 1 rings (SSSR count). The highest BCUT2D eigenvalue weighted by Gasteiger charge is 2.11. The summed E-state index contributed by atoms with van der Waals surface area (Å²) in [6.07, 6.45) is 7.99. The largest absolute Gasteiger partial charge is 0.511 e. The molecular formula is C17H26O3. The number of hydrogen-bond acceptors (Lipinski definition) is 2. The van der Waals surface area contributed by atoms with Crippen molar-refractivity contribution in [2.24, 2.45) is 0 Å². The van der Waals surface area contributed by atoms with Crippen LogP contribution in [0.1, 0.15) is 63.5 Å². The van der Waals surface area contributed by atoms with E-state index in [9.17, 15) is 4.79 Å². The zero-order valence-electron chi connectivity index (χ0n) is 12.7. The molecule has 1 aromatic rings. The number of carbonyl (C=O) groups is 1. The zero-order chi connectivity index (χ0) is 14.8. The van der Waals surface area contributed by atoms with E-state index in [1.54, 1.807) is 6.07 Å². The molecule has 112 valence electrons. The van der Waals surface area contributed by atoms with Gasteiger partial charge in [-0.3, -0.25) is 0 Å². The molecule has 0 aliphatic heterocycles. The van der Waals surface area contributed by atoms with Crippen LogP contribution in [0.5, 0.6) is 5.75 Å². The number of aryl methyl sites for hydroxylation is 1. The van der Waals surface area contributed by atoms with Gasteiger partial charge in [-0.2, -0.15) is 0 Å². The van der Waals surface area contributed by atoms with Crippen molar-refractivity contribution < 1.29 is 14.6 Å². The minimum atomic E-state index is -1.23. The maximum atomic E-state index is 10.7. The second kappa shape index (κ2) is 9.40. The van der Waals surface area contributed by atoms with Gasteiger partial charge in [-0.05, 0) is 36.5 Å². The first-order chi connectivity index (χ1) is 9.69. The van der Waals surface area contributed by atoms with Crippen LogP contribution in [0.25, 0.3) is 0 Å². The topological polar surface area (TPSA) is 46.5 Å². The lowest BCUT2D eigenvalue weighted by Crippen LogP contribution is -2.07. The lowest BCUT2D eigenvalue weighted by Gasteiger charge is -2.12. The molecule has 20 heavy (non-hydrogen) atoms. The van der Waals surface area contributed by atoms with E-state index in [0.29, 0.717) is 5.75 Å². The maximum Gasteiger partial charge on any atom is 0.511 e. The molecule has 0 aromatic heterocycles. The summed E-state index contributed by atoms with van der Waals surface area (Å²) in [4.78, 5) is 10.7. The van der Waals surface area contributed by atoms with Crippen LogP contribution in [0.15, 0.2) is 18.2 Å². The Bertz CT molecular complexity index is 413. The summed E-state index contributed by atoms with van der Waals surface area (Å²) in [5.41, 5.74) is 2.25. The van der Waals surface area contributed by atoms with Crippen molar-refractivity contribution in [3.8, 4) is 5.75 Å². The normalized spacial score (nSPS) is 10.5. The molecule has 0 bridgehead atoms. The molecule has 0 amide bonds. The molecule has 3 heteroatoms. The zero-order valence-corrected chi connectivity index (χ0v) is 12.7. The summed E-state index contributed by atoms with van der Waals surface area (Å²) < 4.78 is 4.90. The van der Waals surface area contributed by atoms with Gasteiger partial charge in [0.05, 0.1) is 0 Å². The average Bonchev–Trinajstić information content (AvgIpc) is 2.43. The number of hydrogen-bond donors (Lipinski definition) is 1. The highest BCUT2D eigenvalue weighted by molar-refractivity contribution is 5.62. The first-order valence-electron chi connectivity index (χ1n) is 7.70. The van der Waals surface area contributed by atoms with Crippen molar-refractivity contribution >= 4 is 6.16 Å². The van der Waals surface area contributed by atoms with E-state index in [0.717, 1.165) is 24.8 Å². The molecule has 1 aromatic carbocycles. The summed E-state index contributed by atoms with van der Waals surface area (Å²) in [5, 5.41) is 8.80. The number of ether oxygens (including phenoxy) is 1.